The number of carboxylic acid groups (broad SMARTS) is 1. The van der Waals surface area contributed by atoms with Crippen molar-refractivity contribution in [3.05, 3.63) is 66.7 Å². The minimum atomic E-state index is -1.02. The average molecular weight is 351 g/mol. The largest absolute Gasteiger partial charge is 0.481 e. The maximum absolute atomic E-state index is 12.6. The molecule has 0 unspecified atom stereocenters. The molecule has 1 fully saturated rings. The highest BCUT2D eigenvalue weighted by Gasteiger charge is 2.53. The van der Waals surface area contributed by atoms with Gasteiger partial charge in [-0.2, -0.15) is 0 Å². The van der Waals surface area contributed by atoms with Crippen molar-refractivity contribution in [3.63, 3.8) is 0 Å². The van der Waals surface area contributed by atoms with Crippen molar-refractivity contribution in [2.24, 2.45) is 11.8 Å². The quantitative estimate of drug-likeness (QED) is 0.809. The SMILES string of the molecule is O=C(Nc1ccc(Oc2ccccc2)cc1)[C@@H]1[C@H](C(=O)O)[C@@H]2C=C[C@H]1O2. The van der Waals surface area contributed by atoms with E-state index in [1.54, 1.807) is 36.4 Å². The number of para-hydroxylation sites is 1. The fraction of sp³-hybridized carbons (Fsp3) is 0.200. The van der Waals surface area contributed by atoms with E-state index in [0.717, 1.165) is 5.75 Å². The third-order valence-electron chi connectivity index (χ3n) is 4.59. The number of hydrogen-bond acceptors (Lipinski definition) is 4. The van der Waals surface area contributed by atoms with Crippen molar-refractivity contribution in [1.82, 2.24) is 0 Å². The van der Waals surface area contributed by atoms with Crippen molar-refractivity contribution >= 4 is 17.6 Å². The Balaban J connectivity index is 1.43. The number of carbonyl (C=O) groups is 2. The van der Waals surface area contributed by atoms with Gasteiger partial charge in [-0.15, -0.1) is 0 Å². The lowest BCUT2D eigenvalue weighted by Crippen LogP contribution is -2.39. The summed E-state index contributed by atoms with van der Waals surface area (Å²) in [5, 5.41) is 12.2. The highest BCUT2D eigenvalue weighted by Crippen LogP contribution is 2.40. The molecular formula is C20H17NO5. The molecule has 2 bridgehead atoms. The highest BCUT2D eigenvalue weighted by atomic mass is 16.5. The van der Waals surface area contributed by atoms with Crippen LogP contribution in [0.15, 0.2) is 66.7 Å². The van der Waals surface area contributed by atoms with Crippen LogP contribution < -0.4 is 10.1 Å². The molecule has 0 radical (unpaired) electrons. The molecule has 2 heterocycles. The monoisotopic (exact) mass is 351 g/mol. The molecule has 1 saturated heterocycles. The van der Waals surface area contributed by atoms with Gasteiger partial charge in [0.15, 0.2) is 0 Å². The molecule has 2 aliphatic rings. The van der Waals surface area contributed by atoms with Crippen LogP contribution in [0.5, 0.6) is 11.5 Å². The topological polar surface area (TPSA) is 84.9 Å². The number of fused-ring (bicyclic) bond motifs is 2. The van der Waals surface area contributed by atoms with Crippen LogP contribution in [0.4, 0.5) is 5.69 Å². The number of aliphatic carboxylic acids is 1. The number of anilines is 1. The molecule has 1 amide bonds. The zero-order valence-corrected chi connectivity index (χ0v) is 13.7. The molecule has 0 aliphatic carbocycles. The molecule has 2 aliphatic heterocycles. The fourth-order valence-corrected chi connectivity index (χ4v) is 3.37. The summed E-state index contributed by atoms with van der Waals surface area (Å²) in [7, 11) is 0. The Morgan fingerprint density at radius 1 is 0.885 bits per heavy atom. The molecule has 26 heavy (non-hydrogen) atoms. The number of benzene rings is 2. The molecule has 4 rings (SSSR count). The van der Waals surface area contributed by atoms with Gasteiger partial charge in [0.05, 0.1) is 18.1 Å². The van der Waals surface area contributed by atoms with E-state index in [4.69, 9.17) is 9.47 Å². The van der Waals surface area contributed by atoms with Gasteiger partial charge in [-0.25, -0.2) is 0 Å². The second-order valence-electron chi connectivity index (χ2n) is 6.27. The van der Waals surface area contributed by atoms with E-state index in [-0.39, 0.29) is 5.91 Å². The number of amides is 1. The van der Waals surface area contributed by atoms with Crippen molar-refractivity contribution < 1.29 is 24.2 Å². The van der Waals surface area contributed by atoms with E-state index >= 15 is 0 Å². The van der Waals surface area contributed by atoms with Gasteiger partial charge in [0.2, 0.25) is 5.91 Å². The summed E-state index contributed by atoms with van der Waals surface area (Å²) in [6.07, 6.45) is 2.45. The Hall–Kier alpha value is -3.12. The van der Waals surface area contributed by atoms with Crippen LogP contribution in [0, 0.1) is 11.8 Å². The van der Waals surface area contributed by atoms with Crippen molar-refractivity contribution in [3.8, 4) is 11.5 Å². The number of nitrogens with one attached hydrogen (secondary N) is 1. The average Bonchev–Trinajstić information content (AvgIpc) is 3.25. The molecule has 2 aromatic carbocycles. The van der Waals surface area contributed by atoms with Crippen LogP contribution in [0.2, 0.25) is 0 Å². The van der Waals surface area contributed by atoms with E-state index in [1.807, 2.05) is 30.3 Å². The Labute approximate surface area is 150 Å². The zero-order valence-electron chi connectivity index (χ0n) is 13.7. The second-order valence-corrected chi connectivity index (χ2v) is 6.27. The molecule has 0 saturated carbocycles. The molecule has 0 spiro atoms. The molecule has 2 aromatic rings. The first kappa shape index (κ1) is 16.4. The molecule has 6 nitrogen and oxygen atoms in total. The summed E-state index contributed by atoms with van der Waals surface area (Å²) in [6, 6.07) is 16.3. The standard InChI is InChI=1S/C20H17NO5/c22-19(17-15-10-11-16(26-15)18(17)20(23)24)21-12-6-8-14(9-7-12)25-13-4-2-1-3-5-13/h1-11,15-18H,(H,21,22)(H,23,24)/t15-,16+,17+,18-/m1/s1. The van der Waals surface area contributed by atoms with Crippen molar-refractivity contribution in [1.29, 1.82) is 0 Å². The maximum atomic E-state index is 12.6. The first-order chi connectivity index (χ1) is 12.6. The molecule has 2 N–H and O–H groups in total. The predicted molar refractivity (Wildman–Crippen MR) is 94.0 cm³/mol. The van der Waals surface area contributed by atoms with Gasteiger partial charge in [0.1, 0.15) is 17.4 Å². The Morgan fingerprint density at radius 2 is 1.50 bits per heavy atom. The van der Waals surface area contributed by atoms with Gasteiger partial charge >= 0.3 is 5.97 Å². The zero-order chi connectivity index (χ0) is 18.1. The molecule has 0 aromatic heterocycles. The molecule has 132 valence electrons. The van der Waals surface area contributed by atoms with Crippen LogP contribution in [-0.2, 0) is 14.3 Å². The van der Waals surface area contributed by atoms with Gasteiger partial charge in [-0.1, -0.05) is 30.4 Å². The van der Waals surface area contributed by atoms with Crippen molar-refractivity contribution in [2.75, 3.05) is 5.32 Å². The van der Waals surface area contributed by atoms with Gasteiger partial charge in [0, 0.05) is 5.69 Å². The predicted octanol–water partition coefficient (Wildman–Crippen LogP) is 3.07. The number of rotatable bonds is 5. The summed E-state index contributed by atoms with van der Waals surface area (Å²) in [6.45, 7) is 0. The molecule has 6 heteroatoms. The third kappa shape index (κ3) is 3.07. The van der Waals surface area contributed by atoms with Crippen LogP contribution in [-0.4, -0.2) is 29.2 Å². The van der Waals surface area contributed by atoms with E-state index < -0.39 is 30.0 Å². The summed E-state index contributed by atoms with van der Waals surface area (Å²) in [5.41, 5.74) is 0.575. The summed E-state index contributed by atoms with van der Waals surface area (Å²) in [5.74, 6) is -1.60. The number of carbonyl (C=O) groups excluding carboxylic acids is 1. The van der Waals surface area contributed by atoms with Crippen LogP contribution >= 0.6 is 0 Å². The van der Waals surface area contributed by atoms with Crippen LogP contribution in [0.3, 0.4) is 0 Å². The first-order valence-corrected chi connectivity index (χ1v) is 8.32. The van der Waals surface area contributed by atoms with Crippen LogP contribution in [0.25, 0.3) is 0 Å². The second kappa shape index (κ2) is 6.65. The number of ether oxygens (including phenoxy) is 2. The summed E-state index contributed by atoms with van der Waals surface area (Å²) in [4.78, 5) is 24.0. The summed E-state index contributed by atoms with van der Waals surface area (Å²) < 4.78 is 11.2. The van der Waals surface area contributed by atoms with E-state index in [9.17, 15) is 14.7 Å². The van der Waals surface area contributed by atoms with Gasteiger partial charge in [0.25, 0.3) is 0 Å². The van der Waals surface area contributed by atoms with Crippen LogP contribution in [0.1, 0.15) is 0 Å². The number of carboxylic acids is 1. The first-order valence-electron chi connectivity index (χ1n) is 8.32. The smallest absolute Gasteiger partial charge is 0.310 e. The maximum Gasteiger partial charge on any atom is 0.310 e. The van der Waals surface area contributed by atoms with E-state index in [1.165, 1.54) is 0 Å². The normalized spacial score (nSPS) is 25.8. The minimum absolute atomic E-state index is 0.356. The lowest BCUT2D eigenvalue weighted by molar-refractivity contribution is -0.145. The Kier molecular flexibility index (Phi) is 4.18. The lowest BCUT2D eigenvalue weighted by atomic mass is 9.82. The van der Waals surface area contributed by atoms with E-state index in [0.29, 0.717) is 11.4 Å². The lowest BCUT2D eigenvalue weighted by Gasteiger charge is -2.21. The summed E-state index contributed by atoms with van der Waals surface area (Å²) >= 11 is 0. The van der Waals surface area contributed by atoms with E-state index in [2.05, 4.69) is 5.32 Å². The number of hydrogen-bond donors (Lipinski definition) is 2. The minimum Gasteiger partial charge on any atom is -0.481 e. The molecular weight excluding hydrogens is 334 g/mol. The van der Waals surface area contributed by atoms with Gasteiger partial charge in [-0.05, 0) is 36.4 Å². The third-order valence-corrected chi connectivity index (χ3v) is 4.59. The fourth-order valence-electron chi connectivity index (χ4n) is 3.37. The van der Waals surface area contributed by atoms with Crippen molar-refractivity contribution in [2.45, 2.75) is 12.2 Å². The Bertz CT molecular complexity index is 846. The van der Waals surface area contributed by atoms with Gasteiger partial charge in [-0.3, -0.25) is 9.59 Å². The Morgan fingerprint density at radius 3 is 2.15 bits per heavy atom. The molecule has 4 atom stereocenters. The highest BCUT2D eigenvalue weighted by molar-refractivity contribution is 5.96. The van der Waals surface area contributed by atoms with Gasteiger partial charge < -0.3 is 19.9 Å².